The van der Waals surface area contributed by atoms with Gasteiger partial charge in [0, 0.05) is 0 Å². The third-order valence-corrected chi connectivity index (χ3v) is 2.47. The van der Waals surface area contributed by atoms with Crippen LogP contribution in [0.5, 0.6) is 0 Å². The van der Waals surface area contributed by atoms with Crippen LogP contribution in [0.25, 0.3) is 0 Å². The zero-order chi connectivity index (χ0) is 12.3. The Bertz CT molecular complexity index is 303. The molecule has 1 heterocycles. The van der Waals surface area contributed by atoms with Gasteiger partial charge in [0.05, 0.1) is 31.2 Å². The number of ether oxygens (including phenoxy) is 1. The van der Waals surface area contributed by atoms with Crippen LogP contribution in [0, 0.1) is 11.3 Å². The summed E-state index contributed by atoms with van der Waals surface area (Å²) >= 11 is 0. The van der Waals surface area contributed by atoms with Gasteiger partial charge in [0.1, 0.15) is 5.60 Å². The van der Waals surface area contributed by atoms with Crippen LogP contribution in [-0.4, -0.2) is 40.4 Å². The van der Waals surface area contributed by atoms with E-state index in [1.54, 1.807) is 20.8 Å². The van der Waals surface area contributed by atoms with Crippen molar-refractivity contribution >= 4 is 6.09 Å². The molecule has 90 valence electrons. The second kappa shape index (κ2) is 4.71. The fraction of sp³-hybridized carbons (Fsp3) is 0.818. The molecule has 1 aliphatic heterocycles. The monoisotopic (exact) mass is 226 g/mol. The topological polar surface area (TPSA) is 73.6 Å². The molecule has 0 unspecified atom stereocenters. The first-order valence-electron chi connectivity index (χ1n) is 5.38. The standard InChI is InChI=1S/C11H18N2O3/c1-11(2,3)16-10(15)13-8(4-5-12)6-9(13)7-14/h8-9,14H,4,6-7H2,1-3H3/t8-,9+/m1/s1. The van der Waals surface area contributed by atoms with E-state index in [4.69, 9.17) is 15.1 Å². The van der Waals surface area contributed by atoms with Crippen LogP contribution in [0.4, 0.5) is 4.79 Å². The largest absolute Gasteiger partial charge is 0.444 e. The number of rotatable bonds is 2. The fourth-order valence-corrected chi connectivity index (χ4v) is 1.76. The number of aliphatic hydroxyl groups is 1. The minimum absolute atomic E-state index is 0.0822. The van der Waals surface area contributed by atoms with Crippen LogP contribution in [0.1, 0.15) is 33.6 Å². The van der Waals surface area contributed by atoms with E-state index in [1.807, 2.05) is 6.07 Å². The van der Waals surface area contributed by atoms with E-state index in [-0.39, 0.29) is 25.1 Å². The van der Waals surface area contributed by atoms with Gasteiger partial charge in [-0.3, -0.25) is 4.90 Å². The normalized spacial score (nSPS) is 24.6. The predicted octanol–water partition coefficient (Wildman–Crippen LogP) is 1.27. The van der Waals surface area contributed by atoms with E-state index in [0.29, 0.717) is 6.42 Å². The van der Waals surface area contributed by atoms with Crippen LogP contribution >= 0.6 is 0 Å². The Morgan fingerprint density at radius 3 is 2.62 bits per heavy atom. The number of hydrogen-bond donors (Lipinski definition) is 1. The zero-order valence-electron chi connectivity index (χ0n) is 9.93. The summed E-state index contributed by atoms with van der Waals surface area (Å²) in [6.45, 7) is 5.29. The molecule has 0 saturated carbocycles. The third kappa shape index (κ3) is 2.86. The van der Waals surface area contributed by atoms with Crippen molar-refractivity contribution in [2.75, 3.05) is 6.61 Å². The fourth-order valence-electron chi connectivity index (χ4n) is 1.76. The average molecular weight is 226 g/mol. The van der Waals surface area contributed by atoms with Crippen molar-refractivity contribution < 1.29 is 14.6 Å². The molecule has 1 amide bonds. The summed E-state index contributed by atoms with van der Waals surface area (Å²) < 4.78 is 5.22. The van der Waals surface area contributed by atoms with Gasteiger partial charge in [-0.05, 0) is 27.2 Å². The molecule has 2 atom stereocenters. The van der Waals surface area contributed by atoms with E-state index < -0.39 is 11.7 Å². The van der Waals surface area contributed by atoms with E-state index >= 15 is 0 Å². The Hall–Kier alpha value is -1.28. The van der Waals surface area contributed by atoms with Gasteiger partial charge in [-0.2, -0.15) is 5.26 Å². The Labute approximate surface area is 95.6 Å². The Balaban J connectivity index is 2.61. The minimum atomic E-state index is -0.552. The lowest BCUT2D eigenvalue weighted by Crippen LogP contribution is -2.60. The number of hydrogen-bond acceptors (Lipinski definition) is 4. The summed E-state index contributed by atoms with van der Waals surface area (Å²) in [7, 11) is 0. The van der Waals surface area contributed by atoms with Crippen LogP contribution in [0.15, 0.2) is 0 Å². The van der Waals surface area contributed by atoms with Gasteiger partial charge in [-0.1, -0.05) is 0 Å². The van der Waals surface area contributed by atoms with E-state index in [9.17, 15) is 4.79 Å². The molecule has 1 rings (SSSR count). The number of likely N-dealkylation sites (tertiary alicyclic amines) is 1. The van der Waals surface area contributed by atoms with Crippen molar-refractivity contribution in [1.82, 2.24) is 4.90 Å². The summed E-state index contributed by atoms with van der Waals surface area (Å²) in [5, 5.41) is 17.7. The molecule has 0 aromatic heterocycles. The smallest absolute Gasteiger partial charge is 0.410 e. The van der Waals surface area contributed by atoms with Gasteiger partial charge in [0.25, 0.3) is 0 Å². The van der Waals surface area contributed by atoms with Gasteiger partial charge in [-0.15, -0.1) is 0 Å². The summed E-state index contributed by atoms with van der Waals surface area (Å²) in [4.78, 5) is 13.2. The minimum Gasteiger partial charge on any atom is -0.444 e. The lowest BCUT2D eigenvalue weighted by Gasteiger charge is -2.46. The maximum absolute atomic E-state index is 11.8. The number of carbonyl (C=O) groups excluding carboxylic acids is 1. The van der Waals surface area contributed by atoms with Crippen molar-refractivity contribution in [1.29, 1.82) is 5.26 Å². The van der Waals surface area contributed by atoms with Gasteiger partial charge in [0.2, 0.25) is 0 Å². The van der Waals surface area contributed by atoms with Crippen LogP contribution in [0.3, 0.4) is 0 Å². The number of aliphatic hydroxyl groups excluding tert-OH is 1. The van der Waals surface area contributed by atoms with Gasteiger partial charge >= 0.3 is 6.09 Å². The second-order valence-corrected chi connectivity index (χ2v) is 4.98. The number of carbonyl (C=O) groups is 1. The highest BCUT2D eigenvalue weighted by Gasteiger charge is 2.43. The lowest BCUT2D eigenvalue weighted by atomic mass is 9.92. The van der Waals surface area contributed by atoms with Crippen molar-refractivity contribution in [2.24, 2.45) is 0 Å². The van der Waals surface area contributed by atoms with Crippen LogP contribution < -0.4 is 0 Å². The summed E-state index contributed by atoms with van der Waals surface area (Å²) in [5.74, 6) is 0. The number of nitrogens with zero attached hydrogens (tertiary/aromatic N) is 2. The van der Waals surface area contributed by atoms with E-state index in [0.717, 1.165) is 0 Å². The first-order chi connectivity index (χ1) is 7.39. The molecular weight excluding hydrogens is 208 g/mol. The molecule has 1 aliphatic rings. The molecule has 1 N–H and O–H groups in total. The predicted molar refractivity (Wildman–Crippen MR) is 57.6 cm³/mol. The van der Waals surface area contributed by atoms with Crippen LogP contribution in [0.2, 0.25) is 0 Å². The van der Waals surface area contributed by atoms with Crippen molar-refractivity contribution in [3.63, 3.8) is 0 Å². The molecule has 0 aromatic carbocycles. The Morgan fingerprint density at radius 1 is 1.56 bits per heavy atom. The van der Waals surface area contributed by atoms with Gasteiger partial charge < -0.3 is 9.84 Å². The molecule has 0 radical (unpaired) electrons. The SMILES string of the molecule is CC(C)(C)OC(=O)N1[C@H](CO)C[C@H]1CC#N. The average Bonchev–Trinajstić information content (AvgIpc) is 2.07. The molecule has 5 nitrogen and oxygen atoms in total. The zero-order valence-corrected chi connectivity index (χ0v) is 9.93. The first-order valence-corrected chi connectivity index (χ1v) is 5.38. The van der Waals surface area contributed by atoms with Crippen molar-refractivity contribution in [2.45, 2.75) is 51.3 Å². The molecule has 0 bridgehead atoms. The highest BCUT2D eigenvalue weighted by Crippen LogP contribution is 2.29. The number of amides is 1. The summed E-state index contributed by atoms with van der Waals surface area (Å²) in [5.41, 5.74) is -0.552. The maximum atomic E-state index is 11.8. The molecule has 0 aliphatic carbocycles. The molecular formula is C11H18N2O3. The molecule has 16 heavy (non-hydrogen) atoms. The van der Waals surface area contributed by atoms with Gasteiger partial charge in [-0.25, -0.2) is 4.79 Å². The Morgan fingerprint density at radius 2 is 2.19 bits per heavy atom. The van der Waals surface area contributed by atoms with E-state index in [1.165, 1.54) is 4.90 Å². The van der Waals surface area contributed by atoms with Gasteiger partial charge in [0.15, 0.2) is 0 Å². The van der Waals surface area contributed by atoms with Crippen LogP contribution in [-0.2, 0) is 4.74 Å². The molecule has 5 heteroatoms. The molecule has 1 fully saturated rings. The molecule has 1 saturated heterocycles. The maximum Gasteiger partial charge on any atom is 0.410 e. The summed E-state index contributed by atoms with van der Waals surface area (Å²) in [6, 6.07) is 1.72. The molecule has 0 spiro atoms. The van der Waals surface area contributed by atoms with Crippen molar-refractivity contribution in [3.8, 4) is 6.07 Å². The first kappa shape index (κ1) is 12.8. The lowest BCUT2D eigenvalue weighted by molar-refractivity contribution is -0.0438. The molecule has 0 aromatic rings. The highest BCUT2D eigenvalue weighted by atomic mass is 16.6. The highest BCUT2D eigenvalue weighted by molar-refractivity contribution is 5.70. The quantitative estimate of drug-likeness (QED) is 0.769. The Kier molecular flexibility index (Phi) is 3.76. The summed E-state index contributed by atoms with van der Waals surface area (Å²) in [6.07, 6.45) is 0.511. The third-order valence-electron chi connectivity index (χ3n) is 2.47. The van der Waals surface area contributed by atoms with Crippen molar-refractivity contribution in [3.05, 3.63) is 0 Å². The second-order valence-electron chi connectivity index (χ2n) is 4.98. The number of nitriles is 1. The van der Waals surface area contributed by atoms with E-state index in [2.05, 4.69) is 0 Å².